The molecule has 0 bridgehead atoms. The SMILES string of the molecule is COc1ccc(Br)c(C(=O)NCCN2C(=O)S/C(=C\c3ccccc3)C2=O)c1. The van der Waals surface area contributed by atoms with Crippen LogP contribution in [0, 0.1) is 0 Å². The average Bonchev–Trinajstić information content (AvgIpc) is 2.96. The number of nitrogens with zero attached hydrogens (tertiary/aromatic N) is 1. The van der Waals surface area contributed by atoms with E-state index in [0.717, 1.165) is 22.2 Å². The van der Waals surface area contributed by atoms with Gasteiger partial charge in [-0.1, -0.05) is 30.3 Å². The molecule has 144 valence electrons. The maximum atomic E-state index is 12.5. The van der Waals surface area contributed by atoms with E-state index in [1.54, 1.807) is 24.3 Å². The van der Waals surface area contributed by atoms with E-state index in [1.165, 1.54) is 7.11 Å². The maximum absolute atomic E-state index is 12.5. The molecule has 3 amide bonds. The van der Waals surface area contributed by atoms with Crippen molar-refractivity contribution >= 4 is 50.8 Å². The number of hydrogen-bond donors (Lipinski definition) is 1. The number of ether oxygens (including phenoxy) is 1. The number of halogens is 1. The van der Waals surface area contributed by atoms with Gasteiger partial charge in [0.15, 0.2) is 0 Å². The van der Waals surface area contributed by atoms with Gasteiger partial charge in [0, 0.05) is 17.6 Å². The number of amides is 3. The molecular weight excluding hydrogens is 444 g/mol. The Hall–Kier alpha value is -2.58. The predicted octanol–water partition coefficient (Wildman–Crippen LogP) is 3.92. The third-order valence-electron chi connectivity index (χ3n) is 4.01. The third kappa shape index (κ3) is 4.63. The molecule has 6 nitrogen and oxygen atoms in total. The summed E-state index contributed by atoms with van der Waals surface area (Å²) < 4.78 is 5.75. The first-order chi connectivity index (χ1) is 13.5. The van der Waals surface area contributed by atoms with E-state index in [2.05, 4.69) is 21.2 Å². The largest absolute Gasteiger partial charge is 0.497 e. The Labute approximate surface area is 175 Å². The Bertz CT molecular complexity index is 946. The number of benzene rings is 2. The summed E-state index contributed by atoms with van der Waals surface area (Å²) in [7, 11) is 1.52. The molecule has 28 heavy (non-hydrogen) atoms. The number of methoxy groups -OCH3 is 1. The van der Waals surface area contributed by atoms with E-state index in [4.69, 9.17) is 4.74 Å². The summed E-state index contributed by atoms with van der Waals surface area (Å²) >= 11 is 4.23. The summed E-state index contributed by atoms with van der Waals surface area (Å²) in [4.78, 5) is 38.5. The van der Waals surface area contributed by atoms with Gasteiger partial charge in [0.25, 0.3) is 17.1 Å². The van der Waals surface area contributed by atoms with E-state index in [9.17, 15) is 14.4 Å². The summed E-state index contributed by atoms with van der Waals surface area (Å²) in [6.45, 7) is 0.253. The Balaban J connectivity index is 1.60. The first kappa shape index (κ1) is 20.2. The molecule has 0 radical (unpaired) electrons. The van der Waals surface area contributed by atoms with Gasteiger partial charge in [-0.05, 0) is 57.5 Å². The molecule has 1 heterocycles. The minimum absolute atomic E-state index is 0.101. The predicted molar refractivity (Wildman–Crippen MR) is 112 cm³/mol. The molecule has 3 rings (SSSR count). The molecule has 0 aromatic heterocycles. The molecule has 0 spiro atoms. The van der Waals surface area contributed by atoms with E-state index in [0.29, 0.717) is 20.7 Å². The minimum atomic E-state index is -0.351. The van der Waals surface area contributed by atoms with Crippen molar-refractivity contribution < 1.29 is 19.1 Å². The van der Waals surface area contributed by atoms with E-state index < -0.39 is 0 Å². The highest BCUT2D eigenvalue weighted by Gasteiger charge is 2.34. The third-order valence-corrected chi connectivity index (χ3v) is 5.61. The van der Waals surface area contributed by atoms with Crippen molar-refractivity contribution in [3.8, 4) is 5.75 Å². The highest BCUT2D eigenvalue weighted by Crippen LogP contribution is 2.31. The van der Waals surface area contributed by atoms with Crippen LogP contribution in [0.2, 0.25) is 0 Å². The van der Waals surface area contributed by atoms with Gasteiger partial charge >= 0.3 is 0 Å². The topological polar surface area (TPSA) is 75.7 Å². The fourth-order valence-corrected chi connectivity index (χ4v) is 3.87. The van der Waals surface area contributed by atoms with Crippen LogP contribution >= 0.6 is 27.7 Å². The molecule has 1 aliphatic rings. The summed E-state index contributed by atoms with van der Waals surface area (Å²) in [5.74, 6) is -0.112. The molecule has 2 aromatic rings. The van der Waals surface area contributed by atoms with Crippen LogP contribution in [0.5, 0.6) is 5.75 Å². The van der Waals surface area contributed by atoms with Gasteiger partial charge in [0.05, 0.1) is 17.6 Å². The average molecular weight is 461 g/mol. The lowest BCUT2D eigenvalue weighted by Crippen LogP contribution is -2.37. The Morgan fingerprint density at radius 1 is 1.21 bits per heavy atom. The highest BCUT2D eigenvalue weighted by molar-refractivity contribution is 9.10. The van der Waals surface area contributed by atoms with Crippen LogP contribution < -0.4 is 10.1 Å². The molecule has 1 aliphatic heterocycles. The fourth-order valence-electron chi connectivity index (χ4n) is 2.58. The smallest absolute Gasteiger partial charge is 0.293 e. The van der Waals surface area contributed by atoms with Crippen molar-refractivity contribution in [2.24, 2.45) is 0 Å². The summed E-state index contributed by atoms with van der Waals surface area (Å²) in [6, 6.07) is 14.4. The lowest BCUT2D eigenvalue weighted by atomic mass is 10.2. The molecule has 0 aliphatic carbocycles. The summed E-state index contributed by atoms with van der Waals surface area (Å²) in [6.07, 6.45) is 1.69. The quantitative estimate of drug-likeness (QED) is 0.660. The van der Waals surface area contributed by atoms with Crippen LogP contribution in [0.1, 0.15) is 15.9 Å². The van der Waals surface area contributed by atoms with Crippen LogP contribution in [0.15, 0.2) is 57.9 Å². The zero-order valence-corrected chi connectivity index (χ0v) is 17.4. The van der Waals surface area contributed by atoms with Crippen LogP contribution in [0.4, 0.5) is 4.79 Å². The number of rotatable bonds is 6. The fraction of sp³-hybridized carbons (Fsp3) is 0.150. The Morgan fingerprint density at radius 2 is 1.96 bits per heavy atom. The van der Waals surface area contributed by atoms with E-state index in [1.807, 2.05) is 30.3 Å². The summed E-state index contributed by atoms with van der Waals surface area (Å²) in [5, 5.41) is 2.38. The van der Waals surface area contributed by atoms with Gasteiger partial charge in [-0.25, -0.2) is 0 Å². The summed E-state index contributed by atoms with van der Waals surface area (Å²) in [5.41, 5.74) is 1.27. The first-order valence-electron chi connectivity index (χ1n) is 8.42. The maximum Gasteiger partial charge on any atom is 0.293 e. The lowest BCUT2D eigenvalue weighted by molar-refractivity contribution is -0.122. The monoisotopic (exact) mass is 460 g/mol. The number of carbonyl (C=O) groups excluding carboxylic acids is 3. The molecule has 0 saturated carbocycles. The van der Waals surface area contributed by atoms with Gasteiger partial charge in [-0.2, -0.15) is 0 Å². The second kappa shape index (κ2) is 9.07. The first-order valence-corrected chi connectivity index (χ1v) is 10.0. The van der Waals surface area contributed by atoms with Gasteiger partial charge in [-0.15, -0.1) is 0 Å². The van der Waals surface area contributed by atoms with Crippen LogP contribution in [-0.4, -0.2) is 42.2 Å². The van der Waals surface area contributed by atoms with Crippen molar-refractivity contribution in [1.82, 2.24) is 10.2 Å². The van der Waals surface area contributed by atoms with Crippen molar-refractivity contribution in [2.75, 3.05) is 20.2 Å². The highest BCUT2D eigenvalue weighted by atomic mass is 79.9. The molecule has 1 fully saturated rings. The van der Waals surface area contributed by atoms with Crippen molar-refractivity contribution in [3.05, 3.63) is 69.0 Å². The van der Waals surface area contributed by atoms with Gasteiger partial charge in [0.1, 0.15) is 5.75 Å². The zero-order valence-electron chi connectivity index (χ0n) is 15.0. The second-order valence-electron chi connectivity index (χ2n) is 5.85. The lowest BCUT2D eigenvalue weighted by Gasteiger charge is -2.13. The van der Waals surface area contributed by atoms with Crippen LogP contribution in [0.3, 0.4) is 0 Å². The number of hydrogen-bond acceptors (Lipinski definition) is 5. The molecule has 1 N–H and O–H groups in total. The zero-order chi connectivity index (χ0) is 20.1. The Kier molecular flexibility index (Phi) is 6.53. The van der Waals surface area contributed by atoms with Crippen LogP contribution in [0.25, 0.3) is 6.08 Å². The van der Waals surface area contributed by atoms with Crippen molar-refractivity contribution in [1.29, 1.82) is 0 Å². The number of nitrogens with one attached hydrogen (secondary N) is 1. The second-order valence-corrected chi connectivity index (χ2v) is 7.69. The standard InChI is InChI=1S/C20H17BrN2O4S/c1-27-14-7-8-16(21)15(12-14)18(24)22-9-10-23-19(25)17(28-20(23)26)11-13-5-3-2-4-6-13/h2-8,11-12H,9-10H2,1H3,(H,22,24)/b17-11-. The molecule has 0 atom stereocenters. The van der Waals surface area contributed by atoms with Gasteiger partial charge in [0.2, 0.25) is 0 Å². The number of carbonyl (C=O) groups is 3. The van der Waals surface area contributed by atoms with Crippen molar-refractivity contribution in [2.45, 2.75) is 0 Å². The van der Waals surface area contributed by atoms with Crippen molar-refractivity contribution in [3.63, 3.8) is 0 Å². The minimum Gasteiger partial charge on any atom is -0.497 e. The molecule has 1 saturated heterocycles. The molecule has 8 heteroatoms. The van der Waals surface area contributed by atoms with Gasteiger partial charge in [-0.3, -0.25) is 19.3 Å². The molecular formula is C20H17BrN2O4S. The van der Waals surface area contributed by atoms with E-state index in [-0.39, 0.29) is 30.1 Å². The molecule has 2 aromatic carbocycles. The Morgan fingerprint density at radius 3 is 2.68 bits per heavy atom. The number of thioether (sulfide) groups is 1. The molecule has 0 unspecified atom stereocenters. The van der Waals surface area contributed by atoms with Gasteiger partial charge < -0.3 is 10.1 Å². The van der Waals surface area contributed by atoms with E-state index >= 15 is 0 Å². The van der Waals surface area contributed by atoms with Crippen LogP contribution in [-0.2, 0) is 4.79 Å². The normalized spacial score (nSPS) is 15.2. The number of imide groups is 1.